The number of aryl methyl sites for hydroxylation is 1. The van der Waals surface area contributed by atoms with Crippen molar-refractivity contribution in [3.63, 3.8) is 0 Å². The molecule has 0 amide bonds. The van der Waals surface area contributed by atoms with Gasteiger partial charge in [-0.2, -0.15) is 0 Å². The maximum atomic E-state index is 6.19. The number of rotatable bonds is 1. The summed E-state index contributed by atoms with van der Waals surface area (Å²) in [5.74, 6) is 0.694. The van der Waals surface area contributed by atoms with Gasteiger partial charge in [0.15, 0.2) is 0 Å². The summed E-state index contributed by atoms with van der Waals surface area (Å²) in [5.41, 5.74) is 2.87. The van der Waals surface area contributed by atoms with E-state index in [0.29, 0.717) is 10.8 Å². The molecule has 0 aliphatic heterocycles. The third-order valence-electron chi connectivity index (χ3n) is 4.27. The molecule has 4 rings (SSSR count). The first-order chi connectivity index (χ1) is 11.3. The van der Waals surface area contributed by atoms with Crippen molar-refractivity contribution in [3.05, 3.63) is 53.4 Å². The first-order valence-electron chi connectivity index (χ1n) is 8.32. The summed E-state index contributed by atoms with van der Waals surface area (Å²) in [6.07, 6.45) is 12.7. The molecule has 3 nitrogen and oxygen atoms in total. The molecular formula is C19H22ClN3. The van der Waals surface area contributed by atoms with Crippen LogP contribution in [0.3, 0.4) is 0 Å². The zero-order valence-electron chi connectivity index (χ0n) is 13.5. The number of halogens is 1. The van der Waals surface area contributed by atoms with Gasteiger partial charge in [-0.3, -0.25) is 4.40 Å². The average Bonchev–Trinajstić information content (AvgIpc) is 2.95. The molecular weight excluding hydrogens is 306 g/mol. The number of fused-ring (bicyclic) bond motifs is 1. The van der Waals surface area contributed by atoms with Crippen LogP contribution in [0.25, 0.3) is 17.0 Å². The van der Waals surface area contributed by atoms with Crippen LogP contribution < -0.4 is 0 Å². The smallest absolute Gasteiger partial charge is 0.234 e. The number of aromatic nitrogens is 3. The maximum Gasteiger partial charge on any atom is 0.234 e. The highest BCUT2D eigenvalue weighted by atomic mass is 35.5. The van der Waals surface area contributed by atoms with Gasteiger partial charge in [0.25, 0.3) is 0 Å². The minimum Gasteiger partial charge on any atom is -0.288 e. The van der Waals surface area contributed by atoms with Gasteiger partial charge in [-0.15, -0.1) is 0 Å². The summed E-state index contributed by atoms with van der Waals surface area (Å²) in [6.45, 7) is 2.01. The molecule has 1 aliphatic rings. The zero-order valence-corrected chi connectivity index (χ0v) is 14.3. The van der Waals surface area contributed by atoms with Crippen molar-refractivity contribution in [2.45, 2.75) is 45.4 Å². The SMILES string of the molecule is C1CCCCC1.Cc1c(-c2ccccc2Cl)nc2ncccn12. The second kappa shape index (κ2) is 7.60. The van der Waals surface area contributed by atoms with Gasteiger partial charge in [0.2, 0.25) is 5.78 Å². The van der Waals surface area contributed by atoms with Crippen molar-refractivity contribution < 1.29 is 0 Å². The van der Waals surface area contributed by atoms with Gasteiger partial charge in [0.05, 0.1) is 10.7 Å². The highest BCUT2D eigenvalue weighted by Crippen LogP contribution is 2.29. The Morgan fingerprint density at radius 1 is 0.957 bits per heavy atom. The van der Waals surface area contributed by atoms with Crippen molar-refractivity contribution >= 4 is 17.4 Å². The van der Waals surface area contributed by atoms with Crippen molar-refractivity contribution in [2.24, 2.45) is 0 Å². The highest BCUT2D eigenvalue weighted by molar-refractivity contribution is 6.33. The van der Waals surface area contributed by atoms with Crippen LogP contribution in [0.5, 0.6) is 0 Å². The molecule has 0 unspecified atom stereocenters. The standard InChI is InChI=1S/C13H10ClN3.C6H12/c1-9-12(10-5-2-3-6-11(10)14)16-13-15-7-4-8-17(9)13;1-2-4-6-5-3-1/h2-8H,1H3;1-6H2. The Morgan fingerprint density at radius 3 is 2.22 bits per heavy atom. The van der Waals surface area contributed by atoms with Crippen molar-refractivity contribution in [3.8, 4) is 11.3 Å². The fourth-order valence-corrected chi connectivity index (χ4v) is 3.20. The number of nitrogens with zero attached hydrogens (tertiary/aromatic N) is 3. The summed E-state index contributed by atoms with van der Waals surface area (Å²) in [6, 6.07) is 9.59. The third kappa shape index (κ3) is 3.73. The van der Waals surface area contributed by atoms with Gasteiger partial charge < -0.3 is 0 Å². The van der Waals surface area contributed by atoms with Gasteiger partial charge in [-0.1, -0.05) is 68.3 Å². The first kappa shape index (κ1) is 16.0. The lowest BCUT2D eigenvalue weighted by Crippen LogP contribution is -1.88. The molecule has 0 spiro atoms. The van der Waals surface area contributed by atoms with Crippen LogP contribution in [0, 0.1) is 6.92 Å². The molecule has 2 aromatic heterocycles. The quantitative estimate of drug-likeness (QED) is 0.574. The Kier molecular flexibility index (Phi) is 5.29. The number of benzene rings is 1. The Bertz CT molecular complexity index is 764. The number of imidazole rings is 1. The van der Waals surface area contributed by atoms with E-state index in [1.807, 2.05) is 47.9 Å². The van der Waals surface area contributed by atoms with Gasteiger partial charge in [0, 0.05) is 23.7 Å². The number of hydrogen-bond donors (Lipinski definition) is 0. The molecule has 120 valence electrons. The van der Waals surface area contributed by atoms with Crippen molar-refractivity contribution in [1.82, 2.24) is 14.4 Å². The first-order valence-corrected chi connectivity index (χ1v) is 8.70. The van der Waals surface area contributed by atoms with E-state index < -0.39 is 0 Å². The van der Waals surface area contributed by atoms with Crippen LogP contribution in [0.15, 0.2) is 42.7 Å². The highest BCUT2D eigenvalue weighted by Gasteiger charge is 2.12. The van der Waals surface area contributed by atoms with Crippen LogP contribution in [0.2, 0.25) is 5.02 Å². The lowest BCUT2D eigenvalue weighted by atomic mass is 10.0. The maximum absolute atomic E-state index is 6.19. The van der Waals surface area contributed by atoms with E-state index in [2.05, 4.69) is 9.97 Å². The molecule has 0 atom stereocenters. The Morgan fingerprint density at radius 2 is 1.61 bits per heavy atom. The molecule has 3 aromatic rings. The van der Waals surface area contributed by atoms with Crippen LogP contribution in [0.1, 0.15) is 44.2 Å². The van der Waals surface area contributed by atoms with Crippen LogP contribution in [0.4, 0.5) is 0 Å². The molecule has 1 aromatic carbocycles. The minimum absolute atomic E-state index is 0.694. The molecule has 0 radical (unpaired) electrons. The van der Waals surface area contributed by atoms with E-state index in [-0.39, 0.29) is 0 Å². The predicted molar refractivity (Wildman–Crippen MR) is 95.9 cm³/mol. The van der Waals surface area contributed by atoms with E-state index in [9.17, 15) is 0 Å². The van der Waals surface area contributed by atoms with E-state index in [1.165, 1.54) is 38.5 Å². The Labute approximate surface area is 142 Å². The Hall–Kier alpha value is -1.87. The fraction of sp³-hybridized carbons (Fsp3) is 0.368. The molecule has 4 heteroatoms. The topological polar surface area (TPSA) is 30.2 Å². The molecule has 0 saturated heterocycles. The van der Waals surface area contributed by atoms with E-state index in [1.54, 1.807) is 6.20 Å². The molecule has 2 heterocycles. The molecule has 23 heavy (non-hydrogen) atoms. The predicted octanol–water partition coefficient (Wildman–Crippen LogP) is 5.70. The van der Waals surface area contributed by atoms with Crippen LogP contribution in [-0.2, 0) is 0 Å². The monoisotopic (exact) mass is 327 g/mol. The van der Waals surface area contributed by atoms with E-state index in [0.717, 1.165) is 17.0 Å². The Balaban J connectivity index is 0.000000220. The number of hydrogen-bond acceptors (Lipinski definition) is 2. The second-order valence-corrected chi connectivity index (χ2v) is 6.34. The second-order valence-electron chi connectivity index (χ2n) is 5.94. The van der Waals surface area contributed by atoms with Gasteiger partial charge in [0.1, 0.15) is 0 Å². The normalized spacial score (nSPS) is 14.3. The van der Waals surface area contributed by atoms with E-state index in [4.69, 9.17) is 11.6 Å². The summed E-state index contributed by atoms with van der Waals surface area (Å²) in [4.78, 5) is 8.74. The van der Waals surface area contributed by atoms with Gasteiger partial charge >= 0.3 is 0 Å². The summed E-state index contributed by atoms with van der Waals surface area (Å²) < 4.78 is 1.96. The zero-order chi connectivity index (χ0) is 16.1. The summed E-state index contributed by atoms with van der Waals surface area (Å²) in [5, 5.41) is 0.707. The lowest BCUT2D eigenvalue weighted by Gasteiger charge is -2.05. The molecule has 1 fully saturated rings. The van der Waals surface area contributed by atoms with Crippen LogP contribution >= 0.6 is 11.6 Å². The molecule has 0 bridgehead atoms. The van der Waals surface area contributed by atoms with Crippen molar-refractivity contribution in [1.29, 1.82) is 0 Å². The summed E-state index contributed by atoms with van der Waals surface area (Å²) >= 11 is 6.19. The average molecular weight is 328 g/mol. The van der Waals surface area contributed by atoms with E-state index >= 15 is 0 Å². The largest absolute Gasteiger partial charge is 0.288 e. The van der Waals surface area contributed by atoms with Crippen LogP contribution in [-0.4, -0.2) is 14.4 Å². The molecule has 1 aliphatic carbocycles. The van der Waals surface area contributed by atoms with Gasteiger partial charge in [-0.05, 0) is 19.1 Å². The minimum atomic E-state index is 0.694. The third-order valence-corrected chi connectivity index (χ3v) is 4.60. The molecule has 0 N–H and O–H groups in total. The lowest BCUT2D eigenvalue weighted by molar-refractivity contribution is 0.504. The fourth-order valence-electron chi connectivity index (χ4n) is 2.97. The summed E-state index contributed by atoms with van der Waals surface area (Å²) in [7, 11) is 0. The molecule has 1 saturated carbocycles. The van der Waals surface area contributed by atoms with Crippen molar-refractivity contribution in [2.75, 3.05) is 0 Å². The van der Waals surface area contributed by atoms with Gasteiger partial charge in [-0.25, -0.2) is 9.97 Å².